The Morgan fingerprint density at radius 1 is 0.750 bits per heavy atom. The van der Waals surface area contributed by atoms with Gasteiger partial charge >= 0.3 is 7.12 Å². The van der Waals surface area contributed by atoms with E-state index in [1.165, 1.54) is 31.3 Å². The first-order valence-corrected chi connectivity index (χ1v) is 10.5. The summed E-state index contributed by atoms with van der Waals surface area (Å²) in [5.41, 5.74) is 2.96. The molecule has 0 amide bonds. The summed E-state index contributed by atoms with van der Waals surface area (Å²) in [5, 5.41) is 2.56. The highest BCUT2D eigenvalue weighted by Crippen LogP contribution is 2.40. The van der Waals surface area contributed by atoms with Crippen LogP contribution in [0.3, 0.4) is 0 Å². The summed E-state index contributed by atoms with van der Waals surface area (Å²) in [5.74, 6) is 0. The molecule has 1 fully saturated rings. The van der Waals surface area contributed by atoms with E-state index in [1.54, 1.807) is 0 Å². The van der Waals surface area contributed by atoms with Gasteiger partial charge in [-0.05, 0) is 55.7 Å². The van der Waals surface area contributed by atoms with Crippen molar-refractivity contribution in [3.8, 4) is 11.1 Å². The number of hydrogen-bond acceptors (Lipinski definition) is 3. The van der Waals surface area contributed by atoms with E-state index in [2.05, 4.69) is 94.4 Å². The van der Waals surface area contributed by atoms with Crippen molar-refractivity contribution in [1.82, 2.24) is 0 Å². The molecule has 4 aromatic rings. The molecule has 0 aliphatic carbocycles. The van der Waals surface area contributed by atoms with E-state index in [9.17, 15) is 0 Å². The smallest absolute Gasteiger partial charge is 0.399 e. The van der Waals surface area contributed by atoms with Crippen molar-refractivity contribution in [3.63, 3.8) is 0 Å². The molecule has 4 heteroatoms. The van der Waals surface area contributed by atoms with E-state index in [1.807, 2.05) is 11.3 Å². The molecule has 1 aliphatic heterocycles. The van der Waals surface area contributed by atoms with Gasteiger partial charge in [-0.15, -0.1) is 11.3 Å². The van der Waals surface area contributed by atoms with Gasteiger partial charge in [0.25, 0.3) is 0 Å². The van der Waals surface area contributed by atoms with E-state index < -0.39 is 0 Å². The molecular formula is C24H23BO2S. The topological polar surface area (TPSA) is 18.5 Å². The lowest BCUT2D eigenvalue weighted by molar-refractivity contribution is 0.00578. The molecule has 0 unspecified atom stereocenters. The third kappa shape index (κ3) is 2.71. The minimum absolute atomic E-state index is 0.330. The summed E-state index contributed by atoms with van der Waals surface area (Å²) in [7, 11) is -0.332. The van der Waals surface area contributed by atoms with Gasteiger partial charge in [-0.1, -0.05) is 60.7 Å². The Morgan fingerprint density at radius 3 is 2.18 bits per heavy atom. The minimum Gasteiger partial charge on any atom is -0.399 e. The molecule has 1 aromatic heterocycles. The maximum Gasteiger partial charge on any atom is 0.494 e. The molecule has 0 N–H and O–H groups in total. The van der Waals surface area contributed by atoms with Gasteiger partial charge in [-0.25, -0.2) is 0 Å². The zero-order chi connectivity index (χ0) is 19.5. The second kappa shape index (κ2) is 6.18. The number of benzene rings is 3. The first kappa shape index (κ1) is 17.9. The average molecular weight is 386 g/mol. The van der Waals surface area contributed by atoms with E-state index in [4.69, 9.17) is 9.31 Å². The largest absolute Gasteiger partial charge is 0.494 e. The molecule has 0 atom stereocenters. The van der Waals surface area contributed by atoms with Crippen LogP contribution in [0, 0.1) is 0 Å². The molecule has 1 aliphatic rings. The summed E-state index contributed by atoms with van der Waals surface area (Å²) in [4.78, 5) is 0. The molecule has 0 spiro atoms. The second-order valence-corrected chi connectivity index (χ2v) is 9.55. The van der Waals surface area contributed by atoms with E-state index >= 15 is 0 Å². The first-order chi connectivity index (χ1) is 13.4. The van der Waals surface area contributed by atoms with Crippen molar-refractivity contribution < 1.29 is 9.31 Å². The van der Waals surface area contributed by atoms with Crippen LogP contribution in [0.1, 0.15) is 27.7 Å². The van der Waals surface area contributed by atoms with Crippen LogP contribution in [0.4, 0.5) is 0 Å². The molecule has 2 nitrogen and oxygen atoms in total. The first-order valence-electron chi connectivity index (χ1n) is 9.72. The van der Waals surface area contributed by atoms with Crippen LogP contribution in [0.25, 0.3) is 31.3 Å². The second-order valence-electron chi connectivity index (χ2n) is 8.49. The van der Waals surface area contributed by atoms with Crippen molar-refractivity contribution in [3.05, 3.63) is 66.7 Å². The zero-order valence-electron chi connectivity index (χ0n) is 16.7. The maximum absolute atomic E-state index is 6.26. The van der Waals surface area contributed by atoms with Crippen molar-refractivity contribution in [2.45, 2.75) is 38.9 Å². The predicted octanol–water partition coefficient (Wildman–Crippen LogP) is 6.02. The van der Waals surface area contributed by atoms with Crippen LogP contribution >= 0.6 is 11.3 Å². The summed E-state index contributed by atoms with van der Waals surface area (Å²) in [6, 6.07) is 23.8. The SMILES string of the molecule is CC1(C)OB(c2ccc3sc4c(-c5ccccc5)cccc4c3c2)OC1(C)C. The van der Waals surface area contributed by atoms with Crippen LogP contribution in [-0.4, -0.2) is 18.3 Å². The number of fused-ring (bicyclic) bond motifs is 3. The maximum atomic E-state index is 6.26. The van der Waals surface area contributed by atoms with Gasteiger partial charge < -0.3 is 9.31 Å². The number of hydrogen-bond donors (Lipinski definition) is 0. The molecule has 0 radical (unpaired) electrons. The lowest BCUT2D eigenvalue weighted by atomic mass is 9.78. The normalized spacial score (nSPS) is 18.2. The van der Waals surface area contributed by atoms with Gasteiger partial charge in [-0.3, -0.25) is 0 Å². The van der Waals surface area contributed by atoms with Crippen molar-refractivity contribution in [2.24, 2.45) is 0 Å². The zero-order valence-corrected chi connectivity index (χ0v) is 17.5. The fourth-order valence-corrected chi connectivity index (χ4v) is 5.01. The standard InChI is InChI=1S/C24H23BO2S/c1-23(2)24(3,4)27-25(26-23)17-13-14-21-20(15-17)19-12-8-11-18(22(19)28-21)16-9-6-5-7-10-16/h5-15H,1-4H3. The fraction of sp³-hybridized carbons (Fsp3) is 0.250. The lowest BCUT2D eigenvalue weighted by Crippen LogP contribution is -2.41. The Labute approximate surface area is 170 Å². The molecule has 0 bridgehead atoms. The highest BCUT2D eigenvalue weighted by atomic mass is 32.1. The Balaban J connectivity index is 1.64. The van der Waals surface area contributed by atoms with Gasteiger partial charge in [-0.2, -0.15) is 0 Å². The Hall–Kier alpha value is -2.14. The van der Waals surface area contributed by atoms with Crippen LogP contribution in [-0.2, 0) is 9.31 Å². The molecule has 0 saturated carbocycles. The highest BCUT2D eigenvalue weighted by molar-refractivity contribution is 7.26. The van der Waals surface area contributed by atoms with E-state index in [0.29, 0.717) is 0 Å². The third-order valence-corrected chi connectivity index (χ3v) is 7.35. The fourth-order valence-electron chi connectivity index (χ4n) is 3.79. The molecule has 140 valence electrons. The summed E-state index contributed by atoms with van der Waals surface area (Å²) in [6.45, 7) is 8.38. The van der Waals surface area contributed by atoms with Gasteiger partial charge in [0.1, 0.15) is 0 Å². The van der Waals surface area contributed by atoms with Crippen molar-refractivity contribution >= 4 is 44.1 Å². The van der Waals surface area contributed by atoms with Gasteiger partial charge in [0, 0.05) is 14.8 Å². The number of rotatable bonds is 2. The summed E-state index contributed by atoms with van der Waals surface area (Å²) in [6.07, 6.45) is 0. The lowest BCUT2D eigenvalue weighted by Gasteiger charge is -2.32. The Morgan fingerprint density at radius 2 is 1.46 bits per heavy atom. The number of thiophene rings is 1. The van der Waals surface area contributed by atoms with Crippen LogP contribution in [0.5, 0.6) is 0 Å². The van der Waals surface area contributed by atoms with E-state index in [-0.39, 0.29) is 18.3 Å². The van der Waals surface area contributed by atoms with E-state index in [0.717, 1.165) is 5.46 Å². The molecule has 3 aromatic carbocycles. The molecule has 2 heterocycles. The minimum atomic E-state index is -0.332. The molecule has 28 heavy (non-hydrogen) atoms. The van der Waals surface area contributed by atoms with Crippen LogP contribution in [0.15, 0.2) is 66.7 Å². The average Bonchev–Trinajstić information content (AvgIpc) is 3.15. The Kier molecular flexibility index (Phi) is 3.96. The van der Waals surface area contributed by atoms with Crippen molar-refractivity contribution in [1.29, 1.82) is 0 Å². The van der Waals surface area contributed by atoms with Gasteiger partial charge in [0.05, 0.1) is 11.2 Å². The quantitative estimate of drug-likeness (QED) is 0.392. The van der Waals surface area contributed by atoms with Crippen LogP contribution < -0.4 is 5.46 Å². The Bertz CT molecular complexity index is 1160. The van der Waals surface area contributed by atoms with Crippen molar-refractivity contribution in [2.75, 3.05) is 0 Å². The predicted molar refractivity (Wildman–Crippen MR) is 120 cm³/mol. The highest BCUT2D eigenvalue weighted by Gasteiger charge is 2.51. The molecule has 1 saturated heterocycles. The summed E-state index contributed by atoms with van der Waals surface area (Å²) < 4.78 is 15.1. The van der Waals surface area contributed by atoms with Gasteiger partial charge in [0.2, 0.25) is 0 Å². The molecule has 5 rings (SSSR count). The monoisotopic (exact) mass is 386 g/mol. The van der Waals surface area contributed by atoms with Crippen LogP contribution in [0.2, 0.25) is 0 Å². The van der Waals surface area contributed by atoms with Gasteiger partial charge in [0.15, 0.2) is 0 Å². The third-order valence-electron chi connectivity index (χ3n) is 6.13. The summed E-state index contributed by atoms with van der Waals surface area (Å²) >= 11 is 1.85. The molecular weight excluding hydrogens is 363 g/mol.